The number of aryl methyl sites for hydroxylation is 4. The zero-order valence-corrected chi connectivity index (χ0v) is 30.1. The van der Waals surface area contributed by atoms with Crippen LogP contribution in [0.1, 0.15) is 42.0 Å². The van der Waals surface area contributed by atoms with Crippen molar-refractivity contribution >= 4 is 63.1 Å². The summed E-state index contributed by atoms with van der Waals surface area (Å²) >= 11 is 0. The number of nitrogens with zero attached hydrogens (tertiary/aromatic N) is 3. The predicted molar refractivity (Wildman–Crippen MR) is 218 cm³/mol. The standard InChI is InChI=1S/C47H42BN3/c1-31-16-13-23-37(28-31)49(36-21-7-6-8-22-36)38-29-43-45-44(30-38)51(42-27-12-10-18-33(42)3)47-35(5)20-15-25-40(47)48(45)39-24-14-19-34(4)46(39)50(43)41-26-11-9-17-32(41)2/h6-14,16-19,21-30H,15,20H2,1-5H3. The second kappa shape index (κ2) is 12.2. The molecule has 51 heavy (non-hydrogen) atoms. The quantitative estimate of drug-likeness (QED) is 0.171. The molecule has 248 valence electrons. The molecule has 4 heteroatoms. The molecule has 2 heterocycles. The Kier molecular flexibility index (Phi) is 7.50. The lowest BCUT2D eigenvalue weighted by Gasteiger charge is -2.48. The van der Waals surface area contributed by atoms with Crippen LogP contribution in [0, 0.1) is 27.7 Å². The summed E-state index contributed by atoms with van der Waals surface area (Å²) in [6.45, 7) is 11.4. The third-order valence-corrected chi connectivity index (χ3v) is 11.0. The van der Waals surface area contributed by atoms with Crippen LogP contribution in [-0.2, 0) is 0 Å². The van der Waals surface area contributed by atoms with Gasteiger partial charge in [0.2, 0.25) is 0 Å². The van der Waals surface area contributed by atoms with Gasteiger partial charge in [-0.05, 0) is 140 Å². The van der Waals surface area contributed by atoms with E-state index in [0.717, 1.165) is 29.9 Å². The maximum atomic E-state index is 2.60. The van der Waals surface area contributed by atoms with Crippen molar-refractivity contribution in [1.29, 1.82) is 0 Å². The van der Waals surface area contributed by atoms with Crippen molar-refractivity contribution in [3.05, 3.63) is 179 Å². The first-order valence-electron chi connectivity index (χ1n) is 18.2. The van der Waals surface area contributed by atoms with Gasteiger partial charge in [-0.3, -0.25) is 0 Å². The second-order valence-corrected chi connectivity index (χ2v) is 14.4. The number of allylic oxidation sites excluding steroid dienone is 3. The summed E-state index contributed by atoms with van der Waals surface area (Å²) in [7, 11) is 0. The Morgan fingerprint density at radius 3 is 1.84 bits per heavy atom. The van der Waals surface area contributed by atoms with Crippen molar-refractivity contribution in [2.24, 2.45) is 0 Å². The van der Waals surface area contributed by atoms with Crippen LogP contribution in [0.2, 0.25) is 0 Å². The van der Waals surface area contributed by atoms with E-state index in [0.29, 0.717) is 0 Å². The Hall–Kier alpha value is -5.74. The first-order chi connectivity index (χ1) is 24.9. The number of benzene rings is 6. The van der Waals surface area contributed by atoms with Crippen molar-refractivity contribution in [2.45, 2.75) is 47.5 Å². The van der Waals surface area contributed by atoms with Gasteiger partial charge in [-0.15, -0.1) is 0 Å². The van der Waals surface area contributed by atoms with E-state index in [1.165, 1.54) is 78.4 Å². The van der Waals surface area contributed by atoms with Gasteiger partial charge in [0.15, 0.2) is 0 Å². The van der Waals surface area contributed by atoms with E-state index in [9.17, 15) is 0 Å². The van der Waals surface area contributed by atoms with Crippen molar-refractivity contribution in [2.75, 3.05) is 14.7 Å². The van der Waals surface area contributed by atoms with Gasteiger partial charge < -0.3 is 14.7 Å². The van der Waals surface area contributed by atoms with Crippen LogP contribution in [0.15, 0.2) is 156 Å². The summed E-state index contributed by atoms with van der Waals surface area (Å²) in [5, 5.41) is 0. The number of hydrogen-bond donors (Lipinski definition) is 0. The van der Waals surface area contributed by atoms with Gasteiger partial charge in [-0.1, -0.05) is 91.0 Å². The minimum Gasteiger partial charge on any atom is -0.311 e. The smallest absolute Gasteiger partial charge is 0.251 e. The summed E-state index contributed by atoms with van der Waals surface area (Å²) < 4.78 is 0. The number of fused-ring (bicyclic) bond motifs is 4. The summed E-state index contributed by atoms with van der Waals surface area (Å²) in [5.74, 6) is 0. The molecular formula is C47H42BN3. The molecule has 3 nitrogen and oxygen atoms in total. The first kappa shape index (κ1) is 31.3. The average molecular weight is 660 g/mol. The third-order valence-electron chi connectivity index (χ3n) is 11.0. The zero-order chi connectivity index (χ0) is 34.8. The highest BCUT2D eigenvalue weighted by molar-refractivity contribution is 6.96. The van der Waals surface area contributed by atoms with Crippen molar-refractivity contribution in [1.82, 2.24) is 0 Å². The Balaban J connectivity index is 1.45. The van der Waals surface area contributed by atoms with E-state index in [2.05, 4.69) is 189 Å². The van der Waals surface area contributed by atoms with Crippen molar-refractivity contribution in [3.8, 4) is 0 Å². The molecule has 3 aliphatic rings. The van der Waals surface area contributed by atoms with Gasteiger partial charge in [0.25, 0.3) is 6.71 Å². The Morgan fingerprint density at radius 1 is 0.529 bits per heavy atom. The molecule has 0 amide bonds. The van der Waals surface area contributed by atoms with Crippen molar-refractivity contribution in [3.63, 3.8) is 0 Å². The Morgan fingerprint density at radius 2 is 1.14 bits per heavy atom. The SMILES string of the molecule is CC1=C2C(=CCC1)B1c3cccc(C)c3N(c3ccccc3C)c3cc(N(c4ccccc4)c4cccc(C)c4)cc(c31)N2c1ccccc1C. The molecule has 0 bridgehead atoms. The molecule has 0 aromatic heterocycles. The molecule has 0 saturated heterocycles. The molecule has 0 unspecified atom stereocenters. The first-order valence-corrected chi connectivity index (χ1v) is 18.2. The molecule has 9 rings (SSSR count). The van der Waals surface area contributed by atoms with Crippen LogP contribution >= 0.6 is 0 Å². The zero-order valence-electron chi connectivity index (χ0n) is 30.1. The van der Waals surface area contributed by atoms with Gasteiger partial charge in [-0.2, -0.15) is 0 Å². The maximum Gasteiger partial charge on any atom is 0.251 e. The maximum absolute atomic E-state index is 2.60. The van der Waals surface area contributed by atoms with Gasteiger partial charge in [0.05, 0.1) is 5.69 Å². The summed E-state index contributed by atoms with van der Waals surface area (Å²) in [6.07, 6.45) is 4.66. The van der Waals surface area contributed by atoms with Crippen LogP contribution in [0.3, 0.4) is 0 Å². The molecule has 2 aliphatic heterocycles. The van der Waals surface area contributed by atoms with Crippen molar-refractivity contribution < 1.29 is 0 Å². The van der Waals surface area contributed by atoms with Crippen LogP contribution in [-0.4, -0.2) is 6.71 Å². The lowest BCUT2D eigenvalue weighted by Crippen LogP contribution is -2.57. The van der Waals surface area contributed by atoms with Gasteiger partial charge in [0, 0.05) is 45.5 Å². The Labute approximate surface area is 302 Å². The molecule has 0 spiro atoms. The predicted octanol–water partition coefficient (Wildman–Crippen LogP) is 11.5. The largest absolute Gasteiger partial charge is 0.311 e. The number of anilines is 8. The highest BCUT2D eigenvalue weighted by atomic mass is 15.2. The Bertz CT molecular complexity index is 2410. The fourth-order valence-electron chi connectivity index (χ4n) is 8.74. The number of para-hydroxylation sites is 4. The summed E-state index contributed by atoms with van der Waals surface area (Å²) in [4.78, 5) is 7.61. The molecule has 1 aliphatic carbocycles. The van der Waals surface area contributed by atoms with E-state index in [-0.39, 0.29) is 6.71 Å². The fraction of sp³-hybridized carbons (Fsp3) is 0.149. The van der Waals surface area contributed by atoms with Gasteiger partial charge >= 0.3 is 0 Å². The third kappa shape index (κ3) is 4.96. The van der Waals surface area contributed by atoms with Gasteiger partial charge in [0.1, 0.15) is 0 Å². The molecule has 0 atom stereocenters. The molecule has 6 aromatic carbocycles. The molecule has 0 fully saturated rings. The lowest BCUT2D eigenvalue weighted by molar-refractivity contribution is 0.912. The van der Waals surface area contributed by atoms with E-state index < -0.39 is 0 Å². The lowest BCUT2D eigenvalue weighted by atomic mass is 9.31. The van der Waals surface area contributed by atoms with Crippen LogP contribution < -0.4 is 25.6 Å². The summed E-state index contributed by atoms with van der Waals surface area (Å²) in [6, 6.07) is 49.3. The monoisotopic (exact) mass is 659 g/mol. The minimum absolute atomic E-state index is 0.119. The van der Waals surface area contributed by atoms with E-state index in [1.807, 2.05) is 0 Å². The normalized spacial score (nSPS) is 14.5. The molecular weight excluding hydrogens is 617 g/mol. The highest BCUT2D eigenvalue weighted by Crippen LogP contribution is 2.51. The number of rotatable bonds is 5. The summed E-state index contributed by atoms with van der Waals surface area (Å²) in [5.41, 5.74) is 21.6. The van der Waals surface area contributed by atoms with Crippen LogP contribution in [0.5, 0.6) is 0 Å². The van der Waals surface area contributed by atoms with E-state index in [1.54, 1.807) is 0 Å². The molecule has 0 radical (unpaired) electrons. The highest BCUT2D eigenvalue weighted by Gasteiger charge is 2.47. The molecule has 6 aromatic rings. The average Bonchev–Trinajstić information content (AvgIpc) is 3.13. The fourth-order valence-corrected chi connectivity index (χ4v) is 8.74. The van der Waals surface area contributed by atoms with Crippen LogP contribution in [0.4, 0.5) is 45.5 Å². The van der Waals surface area contributed by atoms with E-state index in [4.69, 9.17) is 0 Å². The molecule has 0 saturated carbocycles. The minimum atomic E-state index is 0.119. The van der Waals surface area contributed by atoms with E-state index >= 15 is 0 Å². The number of hydrogen-bond acceptors (Lipinski definition) is 3. The second-order valence-electron chi connectivity index (χ2n) is 14.4. The van der Waals surface area contributed by atoms with Gasteiger partial charge in [-0.25, -0.2) is 0 Å². The van der Waals surface area contributed by atoms with Crippen LogP contribution in [0.25, 0.3) is 0 Å². The topological polar surface area (TPSA) is 9.72 Å². The molecule has 0 N–H and O–H groups in total.